The van der Waals surface area contributed by atoms with Crippen LogP contribution in [-0.2, 0) is 29.4 Å². The number of sulfonamides is 1. The Hall–Kier alpha value is -2.58. The fourth-order valence-corrected chi connectivity index (χ4v) is 6.13. The molecule has 176 valence electrons. The van der Waals surface area contributed by atoms with Crippen LogP contribution in [0.5, 0.6) is 0 Å². The first-order chi connectivity index (χ1) is 14.9. The van der Waals surface area contributed by atoms with E-state index in [1.54, 1.807) is 0 Å². The second kappa shape index (κ2) is 12.5. The number of hydrogen-bond acceptors (Lipinski definition) is 8. The van der Waals surface area contributed by atoms with Gasteiger partial charge in [-0.1, -0.05) is 37.3 Å². The van der Waals surface area contributed by atoms with Gasteiger partial charge in [-0.2, -0.15) is 0 Å². The lowest BCUT2D eigenvalue weighted by molar-refractivity contribution is -0.134. The van der Waals surface area contributed by atoms with Crippen molar-refractivity contribution in [2.24, 2.45) is 5.14 Å². The van der Waals surface area contributed by atoms with Crippen molar-refractivity contribution >= 4 is 43.1 Å². The van der Waals surface area contributed by atoms with E-state index in [1.807, 2.05) is 37.3 Å². The molecule has 0 fully saturated rings. The molecule has 1 atom stereocenters. The van der Waals surface area contributed by atoms with Crippen molar-refractivity contribution in [2.45, 2.75) is 27.8 Å². The number of carbonyl (C=O) groups is 2. The lowest BCUT2D eigenvalue weighted by Crippen LogP contribution is -2.23. The summed E-state index contributed by atoms with van der Waals surface area (Å²) in [6.45, 7) is 2.68. The molecule has 0 amide bonds. The molecule has 10 nitrogen and oxygen atoms in total. The Balaban J connectivity index is 0.000000547. The monoisotopic (exact) mass is 504 g/mol. The van der Waals surface area contributed by atoms with Crippen LogP contribution in [0.3, 0.4) is 0 Å². The highest BCUT2D eigenvalue weighted by molar-refractivity contribution is 7.95. The number of benzene rings is 1. The first kappa shape index (κ1) is 27.5. The molecular weight excluding hydrogens is 480 g/mol. The van der Waals surface area contributed by atoms with E-state index < -0.39 is 31.8 Å². The molecule has 1 unspecified atom stereocenters. The van der Waals surface area contributed by atoms with Crippen molar-refractivity contribution in [2.75, 3.05) is 12.3 Å². The number of nitrogens with two attached hydrogens (primary N) is 1. The van der Waals surface area contributed by atoms with E-state index in [2.05, 4.69) is 5.32 Å². The Labute approximate surface area is 190 Å². The van der Waals surface area contributed by atoms with Gasteiger partial charge in [0.25, 0.3) is 0 Å². The molecule has 0 spiro atoms. The van der Waals surface area contributed by atoms with E-state index in [0.717, 1.165) is 5.56 Å². The average Bonchev–Trinajstić information content (AvgIpc) is 3.23. The molecule has 0 aliphatic carbocycles. The van der Waals surface area contributed by atoms with E-state index in [4.69, 9.17) is 15.4 Å². The summed E-state index contributed by atoms with van der Waals surface area (Å²) in [5, 5.41) is 23.9. The highest BCUT2D eigenvalue weighted by Crippen LogP contribution is 2.27. The maximum atomic E-state index is 12.5. The topological polar surface area (TPSA) is 181 Å². The Kier molecular flexibility index (Phi) is 10.7. The molecule has 2 rings (SSSR count). The molecule has 0 saturated carbocycles. The van der Waals surface area contributed by atoms with E-state index in [-0.39, 0.29) is 20.2 Å². The lowest BCUT2D eigenvalue weighted by Gasteiger charge is -2.18. The van der Waals surface area contributed by atoms with E-state index in [1.165, 1.54) is 12.1 Å². The van der Waals surface area contributed by atoms with Gasteiger partial charge in [0.15, 0.2) is 9.84 Å². The highest BCUT2D eigenvalue weighted by atomic mass is 32.3. The number of aliphatic carboxylic acids is 2. The zero-order valence-corrected chi connectivity index (χ0v) is 19.5. The Morgan fingerprint density at radius 3 is 1.97 bits per heavy atom. The summed E-state index contributed by atoms with van der Waals surface area (Å²) >= 11 is 0.686. The van der Waals surface area contributed by atoms with E-state index in [9.17, 15) is 26.4 Å². The van der Waals surface area contributed by atoms with Crippen LogP contribution in [0.4, 0.5) is 0 Å². The smallest absolute Gasteiger partial charge is 0.328 e. The molecule has 32 heavy (non-hydrogen) atoms. The maximum absolute atomic E-state index is 12.5. The molecule has 0 aliphatic rings. The van der Waals surface area contributed by atoms with Crippen molar-refractivity contribution in [1.82, 2.24) is 5.32 Å². The fourth-order valence-electron chi connectivity index (χ4n) is 2.46. The van der Waals surface area contributed by atoms with Crippen molar-refractivity contribution in [1.29, 1.82) is 0 Å². The Morgan fingerprint density at radius 2 is 1.53 bits per heavy atom. The summed E-state index contributed by atoms with van der Waals surface area (Å²) in [5.74, 6) is -2.59. The molecule has 2 aromatic rings. The van der Waals surface area contributed by atoms with E-state index in [0.29, 0.717) is 36.5 Å². The zero-order valence-electron chi connectivity index (χ0n) is 17.0. The van der Waals surface area contributed by atoms with Crippen LogP contribution in [0.2, 0.25) is 0 Å². The number of carboxylic acids is 2. The van der Waals surface area contributed by atoms with Crippen LogP contribution in [0.25, 0.3) is 0 Å². The lowest BCUT2D eigenvalue weighted by atomic mass is 10.0. The van der Waals surface area contributed by atoms with Gasteiger partial charge >= 0.3 is 11.9 Å². The first-order valence-electron chi connectivity index (χ1n) is 9.14. The van der Waals surface area contributed by atoms with Gasteiger partial charge < -0.3 is 15.5 Å². The van der Waals surface area contributed by atoms with Crippen LogP contribution in [0.1, 0.15) is 24.9 Å². The van der Waals surface area contributed by atoms with Crippen molar-refractivity contribution in [3.63, 3.8) is 0 Å². The molecule has 13 heteroatoms. The van der Waals surface area contributed by atoms with Gasteiger partial charge in [0.05, 0.1) is 5.75 Å². The largest absolute Gasteiger partial charge is 0.478 e. The molecule has 0 saturated heterocycles. The van der Waals surface area contributed by atoms with Crippen molar-refractivity contribution in [3.8, 4) is 0 Å². The van der Waals surface area contributed by atoms with Gasteiger partial charge in [-0.3, -0.25) is 0 Å². The summed E-state index contributed by atoms with van der Waals surface area (Å²) in [6.07, 6.45) is 1.51. The standard InChI is InChI=1S/C15H20N2O4S3.C4H4O4/c1-2-17-13(12-6-4-3-5-7-12)10-11-23(18,19)14-8-9-15(22-14)24(16,20)21;5-3(6)1-2-4(7)8/h3-9,13,17H,2,10-11H2,1H3,(H2,16,20,21);1-2H,(H,5,6)(H,7,8)/b;2-1-. The second-order valence-electron chi connectivity index (χ2n) is 6.26. The van der Waals surface area contributed by atoms with Crippen LogP contribution >= 0.6 is 11.3 Å². The number of rotatable bonds is 10. The molecule has 0 radical (unpaired) electrons. The number of nitrogens with one attached hydrogen (secondary N) is 1. The number of primary sulfonamides is 1. The minimum atomic E-state index is -3.88. The van der Waals surface area contributed by atoms with Crippen molar-refractivity contribution < 1.29 is 36.6 Å². The minimum Gasteiger partial charge on any atom is -0.478 e. The molecule has 5 N–H and O–H groups in total. The number of thiophene rings is 1. The molecular formula is C19H24N2O8S3. The van der Waals surface area contributed by atoms with Crippen LogP contribution in [0.15, 0.2) is 63.0 Å². The third-order valence-electron chi connectivity index (χ3n) is 3.84. The fraction of sp³-hybridized carbons (Fsp3) is 0.263. The summed E-state index contributed by atoms with van der Waals surface area (Å²) in [6, 6.07) is 12.1. The van der Waals surface area contributed by atoms with Gasteiger partial charge in [-0.25, -0.2) is 31.6 Å². The number of sulfone groups is 1. The van der Waals surface area contributed by atoms with Gasteiger partial charge in [-0.15, -0.1) is 11.3 Å². The predicted octanol–water partition coefficient (Wildman–Crippen LogP) is 1.62. The summed E-state index contributed by atoms with van der Waals surface area (Å²) in [5.41, 5.74) is 1.02. The second-order valence-corrected chi connectivity index (χ2v) is 11.5. The number of carboxylic acid groups (broad SMARTS) is 2. The van der Waals surface area contributed by atoms with Crippen LogP contribution < -0.4 is 10.5 Å². The Bertz CT molecular complexity index is 1120. The third kappa shape index (κ3) is 9.70. The number of hydrogen-bond donors (Lipinski definition) is 4. The summed E-state index contributed by atoms with van der Waals surface area (Å²) in [4.78, 5) is 19.1. The highest BCUT2D eigenvalue weighted by Gasteiger charge is 2.22. The van der Waals surface area contributed by atoms with Crippen LogP contribution in [-0.4, -0.2) is 51.3 Å². The summed E-state index contributed by atoms with van der Waals surface area (Å²) < 4.78 is 47.4. The van der Waals surface area contributed by atoms with Crippen LogP contribution in [0, 0.1) is 0 Å². The van der Waals surface area contributed by atoms with Gasteiger partial charge in [0.2, 0.25) is 10.0 Å². The molecule has 1 aromatic heterocycles. The molecule has 0 bridgehead atoms. The average molecular weight is 505 g/mol. The SMILES string of the molecule is CCNC(CCS(=O)(=O)c1ccc(S(N)(=O)=O)s1)c1ccccc1.O=C(O)/C=C\C(=O)O. The third-order valence-corrected chi connectivity index (χ3v) is 8.69. The normalized spacial score (nSPS) is 12.7. The van der Waals surface area contributed by atoms with Gasteiger partial charge in [-0.05, 0) is 30.7 Å². The van der Waals surface area contributed by atoms with Gasteiger partial charge in [0, 0.05) is 18.2 Å². The maximum Gasteiger partial charge on any atom is 0.328 e. The molecule has 1 heterocycles. The zero-order chi connectivity index (χ0) is 24.4. The molecule has 1 aromatic carbocycles. The minimum absolute atomic E-state index is 0.0230. The Morgan fingerprint density at radius 1 is 1.00 bits per heavy atom. The predicted molar refractivity (Wildman–Crippen MR) is 120 cm³/mol. The first-order valence-corrected chi connectivity index (χ1v) is 13.2. The van der Waals surface area contributed by atoms with E-state index >= 15 is 0 Å². The van der Waals surface area contributed by atoms with Gasteiger partial charge in [0.1, 0.15) is 8.42 Å². The summed E-state index contributed by atoms with van der Waals surface area (Å²) in [7, 11) is -7.45. The molecule has 0 aliphatic heterocycles. The quantitative estimate of drug-likeness (QED) is 0.349. The van der Waals surface area contributed by atoms with Crippen molar-refractivity contribution in [3.05, 3.63) is 60.2 Å².